The van der Waals surface area contributed by atoms with Gasteiger partial charge >= 0.3 is 6.16 Å². The van der Waals surface area contributed by atoms with Gasteiger partial charge in [0.25, 0.3) is 0 Å². The summed E-state index contributed by atoms with van der Waals surface area (Å²) < 4.78 is 0. The second-order valence-electron chi connectivity index (χ2n) is 1.97. The first-order valence-corrected chi connectivity index (χ1v) is 3.32. The van der Waals surface area contributed by atoms with Crippen LogP contribution < -0.4 is 5.73 Å². The highest BCUT2D eigenvalue weighted by Crippen LogP contribution is 1.94. The van der Waals surface area contributed by atoms with Gasteiger partial charge in [0, 0.05) is 6.54 Å². The summed E-state index contributed by atoms with van der Waals surface area (Å²) in [6.45, 7) is 0.640. The first kappa shape index (κ1) is 10.4. The van der Waals surface area contributed by atoms with Crippen LogP contribution in [-0.2, 0) is 6.54 Å². The number of benzene rings is 1. The molecule has 0 aliphatic carbocycles. The molecule has 0 unspecified atom stereocenters. The Hall–Kier alpha value is -1.55. The number of hydrogen-bond acceptors (Lipinski definition) is 2. The van der Waals surface area contributed by atoms with E-state index in [-0.39, 0.29) is 0 Å². The molecule has 0 atom stereocenters. The molecule has 4 heteroatoms. The lowest BCUT2D eigenvalue weighted by atomic mass is 10.2. The molecule has 66 valence electrons. The van der Waals surface area contributed by atoms with Gasteiger partial charge in [-0.05, 0) is 5.56 Å². The Bertz CT molecular complexity index is 219. The second kappa shape index (κ2) is 6.18. The van der Waals surface area contributed by atoms with E-state index in [4.69, 9.17) is 20.7 Å². The van der Waals surface area contributed by atoms with Crippen molar-refractivity contribution in [3.05, 3.63) is 35.9 Å². The van der Waals surface area contributed by atoms with Crippen LogP contribution in [0.3, 0.4) is 0 Å². The molecule has 0 spiro atoms. The van der Waals surface area contributed by atoms with Gasteiger partial charge in [0.1, 0.15) is 0 Å². The first-order chi connectivity index (χ1) is 5.66. The van der Waals surface area contributed by atoms with Crippen LogP contribution in [0.25, 0.3) is 0 Å². The molecule has 12 heavy (non-hydrogen) atoms. The van der Waals surface area contributed by atoms with Crippen LogP contribution in [0.5, 0.6) is 0 Å². The summed E-state index contributed by atoms with van der Waals surface area (Å²) in [5, 5.41) is 13.9. The van der Waals surface area contributed by atoms with Crippen LogP contribution in [0.2, 0.25) is 0 Å². The molecule has 0 radical (unpaired) electrons. The standard InChI is InChI=1S/C7H9N.CH2O3/c8-6-7-4-2-1-3-5-7;2-1(3)4/h1-5H,6,8H2;(H2,2,3,4). The van der Waals surface area contributed by atoms with E-state index in [1.807, 2.05) is 30.3 Å². The van der Waals surface area contributed by atoms with Gasteiger partial charge in [-0.25, -0.2) is 4.79 Å². The summed E-state index contributed by atoms with van der Waals surface area (Å²) in [4.78, 5) is 8.56. The maximum atomic E-state index is 8.56. The summed E-state index contributed by atoms with van der Waals surface area (Å²) in [5.74, 6) is 0. The van der Waals surface area contributed by atoms with Crippen molar-refractivity contribution in [3.8, 4) is 0 Å². The van der Waals surface area contributed by atoms with Gasteiger partial charge in [-0.3, -0.25) is 0 Å². The molecular weight excluding hydrogens is 158 g/mol. The zero-order chi connectivity index (χ0) is 9.40. The van der Waals surface area contributed by atoms with Gasteiger partial charge < -0.3 is 15.9 Å². The van der Waals surface area contributed by atoms with E-state index in [1.54, 1.807) is 0 Å². The Morgan fingerprint density at radius 3 is 1.92 bits per heavy atom. The van der Waals surface area contributed by atoms with E-state index in [0.717, 1.165) is 0 Å². The highest BCUT2D eigenvalue weighted by atomic mass is 16.6. The summed E-state index contributed by atoms with van der Waals surface area (Å²) in [6, 6.07) is 9.99. The molecule has 1 aromatic carbocycles. The molecule has 4 nitrogen and oxygen atoms in total. The Morgan fingerprint density at radius 2 is 1.67 bits per heavy atom. The van der Waals surface area contributed by atoms with Crippen molar-refractivity contribution in [3.63, 3.8) is 0 Å². The lowest BCUT2D eigenvalue weighted by Gasteiger charge is -1.90. The lowest BCUT2D eigenvalue weighted by molar-refractivity contribution is 0.137. The Balaban J connectivity index is 0.000000261. The van der Waals surface area contributed by atoms with Crippen LogP contribution in [-0.4, -0.2) is 16.4 Å². The number of rotatable bonds is 1. The van der Waals surface area contributed by atoms with Crippen LogP contribution in [0.1, 0.15) is 5.56 Å². The molecule has 0 bridgehead atoms. The topological polar surface area (TPSA) is 83.6 Å². The molecular formula is C8H11NO3. The maximum Gasteiger partial charge on any atom is 0.503 e. The van der Waals surface area contributed by atoms with E-state index in [2.05, 4.69) is 0 Å². The molecule has 0 aromatic heterocycles. The van der Waals surface area contributed by atoms with Crippen molar-refractivity contribution in [2.45, 2.75) is 6.54 Å². The monoisotopic (exact) mass is 169 g/mol. The van der Waals surface area contributed by atoms with Crippen LogP contribution in [0.4, 0.5) is 4.79 Å². The minimum Gasteiger partial charge on any atom is -0.450 e. The smallest absolute Gasteiger partial charge is 0.450 e. The summed E-state index contributed by atoms with van der Waals surface area (Å²) >= 11 is 0. The van der Waals surface area contributed by atoms with Crippen molar-refractivity contribution in [2.24, 2.45) is 5.73 Å². The van der Waals surface area contributed by atoms with Crippen LogP contribution >= 0.6 is 0 Å². The molecule has 0 fully saturated rings. The normalized spacial score (nSPS) is 8.08. The average molecular weight is 169 g/mol. The van der Waals surface area contributed by atoms with E-state index in [9.17, 15) is 0 Å². The fourth-order valence-corrected chi connectivity index (χ4v) is 0.614. The van der Waals surface area contributed by atoms with Gasteiger partial charge in [-0.15, -0.1) is 0 Å². The molecule has 0 amide bonds. The summed E-state index contributed by atoms with van der Waals surface area (Å²) in [7, 11) is 0. The largest absolute Gasteiger partial charge is 0.503 e. The van der Waals surface area contributed by atoms with E-state index >= 15 is 0 Å². The fourth-order valence-electron chi connectivity index (χ4n) is 0.614. The van der Waals surface area contributed by atoms with Crippen molar-refractivity contribution in [1.29, 1.82) is 0 Å². The first-order valence-electron chi connectivity index (χ1n) is 3.32. The molecule has 1 aromatic rings. The quantitative estimate of drug-likeness (QED) is 0.592. The minimum absolute atomic E-state index is 0.640. The second-order valence-corrected chi connectivity index (χ2v) is 1.97. The molecule has 0 saturated heterocycles. The Kier molecular flexibility index (Phi) is 5.38. The fraction of sp³-hybridized carbons (Fsp3) is 0.125. The van der Waals surface area contributed by atoms with Gasteiger partial charge in [-0.2, -0.15) is 0 Å². The lowest BCUT2D eigenvalue weighted by Crippen LogP contribution is -1.94. The summed E-state index contributed by atoms with van der Waals surface area (Å²) in [6.07, 6.45) is -1.83. The highest BCUT2D eigenvalue weighted by Gasteiger charge is 1.80. The zero-order valence-electron chi connectivity index (χ0n) is 6.47. The van der Waals surface area contributed by atoms with Gasteiger partial charge in [0.15, 0.2) is 0 Å². The molecule has 0 heterocycles. The van der Waals surface area contributed by atoms with Crippen LogP contribution in [0, 0.1) is 0 Å². The van der Waals surface area contributed by atoms with E-state index < -0.39 is 6.16 Å². The van der Waals surface area contributed by atoms with Gasteiger partial charge in [-0.1, -0.05) is 30.3 Å². The SMILES string of the molecule is NCc1ccccc1.O=C(O)O. The molecule has 0 aliphatic heterocycles. The Labute approximate surface area is 70.3 Å². The predicted molar refractivity (Wildman–Crippen MR) is 45.0 cm³/mol. The number of hydrogen-bond donors (Lipinski definition) is 3. The highest BCUT2D eigenvalue weighted by molar-refractivity contribution is 5.53. The third kappa shape index (κ3) is 6.57. The Morgan fingerprint density at radius 1 is 1.25 bits per heavy atom. The van der Waals surface area contributed by atoms with Crippen LogP contribution in [0.15, 0.2) is 30.3 Å². The van der Waals surface area contributed by atoms with Crippen molar-refractivity contribution < 1.29 is 15.0 Å². The minimum atomic E-state index is -1.83. The number of carbonyl (C=O) groups is 1. The predicted octanol–water partition coefficient (Wildman–Crippen LogP) is 1.37. The van der Waals surface area contributed by atoms with Crippen molar-refractivity contribution >= 4 is 6.16 Å². The third-order valence-corrected chi connectivity index (χ3v) is 1.08. The molecule has 1 rings (SSSR count). The number of carboxylic acid groups (broad SMARTS) is 2. The zero-order valence-corrected chi connectivity index (χ0v) is 6.47. The van der Waals surface area contributed by atoms with E-state index in [0.29, 0.717) is 6.54 Å². The molecule has 0 aliphatic rings. The maximum absolute atomic E-state index is 8.56. The van der Waals surface area contributed by atoms with Crippen molar-refractivity contribution in [1.82, 2.24) is 0 Å². The van der Waals surface area contributed by atoms with E-state index in [1.165, 1.54) is 5.56 Å². The van der Waals surface area contributed by atoms with Gasteiger partial charge in [0.2, 0.25) is 0 Å². The van der Waals surface area contributed by atoms with Gasteiger partial charge in [0.05, 0.1) is 0 Å². The molecule has 4 N–H and O–H groups in total. The van der Waals surface area contributed by atoms with Crippen molar-refractivity contribution in [2.75, 3.05) is 0 Å². The summed E-state index contributed by atoms with van der Waals surface area (Å²) in [5.41, 5.74) is 6.54. The number of nitrogens with two attached hydrogens (primary N) is 1. The third-order valence-electron chi connectivity index (χ3n) is 1.08. The average Bonchev–Trinajstić information content (AvgIpc) is 2.05. The molecule has 0 saturated carbocycles.